The van der Waals surface area contributed by atoms with Crippen LogP contribution in [0.25, 0.3) is 0 Å². The highest BCUT2D eigenvalue weighted by Gasteiger charge is 2.37. The topological polar surface area (TPSA) is 35.6 Å². The molecule has 2 aliphatic rings. The highest BCUT2D eigenvalue weighted by atomic mass is 19.4. The Morgan fingerprint density at radius 3 is 2.50 bits per heavy atom. The number of piperazine rings is 1. The Kier molecular flexibility index (Phi) is 4.11. The van der Waals surface area contributed by atoms with Crippen LogP contribution in [0, 0.1) is 0 Å². The zero-order chi connectivity index (χ0) is 13.2. The molecule has 0 aliphatic carbocycles. The van der Waals surface area contributed by atoms with E-state index in [0.717, 1.165) is 32.6 Å². The van der Waals surface area contributed by atoms with Gasteiger partial charge < -0.3 is 10.2 Å². The summed E-state index contributed by atoms with van der Waals surface area (Å²) < 4.78 is 36.4. The molecule has 2 heterocycles. The van der Waals surface area contributed by atoms with Gasteiger partial charge in [0.1, 0.15) is 6.42 Å². The lowest BCUT2D eigenvalue weighted by Gasteiger charge is -2.32. The van der Waals surface area contributed by atoms with Crippen LogP contribution in [0.3, 0.4) is 0 Å². The maximum Gasteiger partial charge on any atom is 0.397 e. The molecule has 0 aromatic carbocycles. The first-order valence-corrected chi connectivity index (χ1v) is 6.25. The first-order chi connectivity index (χ1) is 8.46. The van der Waals surface area contributed by atoms with Crippen LogP contribution in [-0.2, 0) is 4.79 Å². The van der Waals surface area contributed by atoms with Crippen LogP contribution in [0.15, 0.2) is 0 Å². The number of nitrogens with one attached hydrogen (secondary N) is 1. The van der Waals surface area contributed by atoms with Gasteiger partial charge in [0, 0.05) is 45.3 Å². The van der Waals surface area contributed by atoms with Gasteiger partial charge in [0.05, 0.1) is 0 Å². The molecule has 7 heteroatoms. The maximum absolute atomic E-state index is 12.1. The van der Waals surface area contributed by atoms with Crippen LogP contribution in [0.5, 0.6) is 0 Å². The fraction of sp³-hybridized carbons (Fsp3) is 0.909. The first-order valence-electron chi connectivity index (χ1n) is 6.25. The van der Waals surface area contributed by atoms with E-state index >= 15 is 0 Å². The zero-order valence-corrected chi connectivity index (χ0v) is 10.2. The summed E-state index contributed by atoms with van der Waals surface area (Å²) in [6.07, 6.45) is -4.95. The number of alkyl halides is 3. The summed E-state index contributed by atoms with van der Waals surface area (Å²) in [5.41, 5.74) is 0. The molecule has 0 bridgehead atoms. The molecule has 2 rings (SSSR count). The van der Waals surface area contributed by atoms with Crippen LogP contribution >= 0.6 is 0 Å². The van der Waals surface area contributed by atoms with Crippen molar-refractivity contribution in [2.24, 2.45) is 0 Å². The van der Waals surface area contributed by atoms with Crippen LogP contribution in [0.2, 0.25) is 0 Å². The molecule has 104 valence electrons. The van der Waals surface area contributed by atoms with E-state index in [-0.39, 0.29) is 6.04 Å². The molecule has 0 saturated carbocycles. The minimum Gasteiger partial charge on any atom is -0.341 e. The van der Waals surface area contributed by atoms with Crippen molar-refractivity contribution in [1.29, 1.82) is 0 Å². The molecule has 1 atom stereocenters. The number of hydrogen-bond acceptors (Lipinski definition) is 3. The normalized spacial score (nSPS) is 26.6. The van der Waals surface area contributed by atoms with Gasteiger partial charge in [-0.25, -0.2) is 0 Å². The van der Waals surface area contributed by atoms with Crippen LogP contribution < -0.4 is 5.32 Å². The van der Waals surface area contributed by atoms with Gasteiger partial charge in [-0.15, -0.1) is 0 Å². The number of hydrogen-bond donors (Lipinski definition) is 1. The quantitative estimate of drug-likeness (QED) is 0.787. The van der Waals surface area contributed by atoms with Crippen molar-refractivity contribution in [3.8, 4) is 0 Å². The summed E-state index contributed by atoms with van der Waals surface area (Å²) in [7, 11) is 0. The van der Waals surface area contributed by atoms with Crippen molar-refractivity contribution in [3.63, 3.8) is 0 Å². The smallest absolute Gasteiger partial charge is 0.341 e. The van der Waals surface area contributed by atoms with Crippen LogP contribution in [-0.4, -0.2) is 67.2 Å². The number of nitrogens with zero attached hydrogens (tertiary/aromatic N) is 2. The summed E-state index contributed by atoms with van der Waals surface area (Å²) in [6.45, 7) is 4.52. The molecule has 2 aliphatic heterocycles. The molecule has 2 saturated heterocycles. The van der Waals surface area contributed by atoms with Crippen molar-refractivity contribution in [3.05, 3.63) is 0 Å². The summed E-state index contributed by atoms with van der Waals surface area (Å²) in [4.78, 5) is 15.1. The number of likely N-dealkylation sites (tertiary alicyclic amines) is 1. The van der Waals surface area contributed by atoms with E-state index in [2.05, 4.69) is 10.2 Å². The monoisotopic (exact) mass is 265 g/mol. The van der Waals surface area contributed by atoms with E-state index in [9.17, 15) is 18.0 Å². The lowest BCUT2D eigenvalue weighted by molar-refractivity contribution is -0.160. The molecule has 0 aromatic rings. The average Bonchev–Trinajstić information content (AvgIpc) is 2.77. The molecule has 18 heavy (non-hydrogen) atoms. The number of halogens is 3. The van der Waals surface area contributed by atoms with E-state index in [1.165, 1.54) is 4.90 Å². The molecule has 2 fully saturated rings. The third-order valence-corrected chi connectivity index (χ3v) is 3.54. The van der Waals surface area contributed by atoms with Gasteiger partial charge in [-0.1, -0.05) is 0 Å². The van der Waals surface area contributed by atoms with Gasteiger partial charge >= 0.3 is 6.18 Å². The molecular weight excluding hydrogens is 247 g/mol. The number of amides is 1. The zero-order valence-electron chi connectivity index (χ0n) is 10.2. The van der Waals surface area contributed by atoms with E-state index in [0.29, 0.717) is 13.1 Å². The Balaban J connectivity index is 1.82. The Labute approximate surface area is 104 Å². The predicted molar refractivity (Wildman–Crippen MR) is 60.1 cm³/mol. The SMILES string of the molecule is O=C(CC(F)(F)F)N1CCC(N2CCNCC2)C1. The highest BCUT2D eigenvalue weighted by molar-refractivity contribution is 5.77. The Bertz CT molecular complexity index is 302. The second kappa shape index (κ2) is 5.44. The molecular formula is C11H18F3N3O. The first kappa shape index (κ1) is 13.6. The van der Waals surface area contributed by atoms with Gasteiger partial charge in [-0.05, 0) is 6.42 Å². The minimum atomic E-state index is -4.40. The van der Waals surface area contributed by atoms with E-state index in [1.807, 2.05) is 0 Å². The van der Waals surface area contributed by atoms with Crippen molar-refractivity contribution in [1.82, 2.24) is 15.1 Å². The standard InChI is InChI=1S/C11H18F3N3O/c12-11(13,14)7-10(18)17-4-1-9(8-17)16-5-2-15-3-6-16/h9,15H,1-8H2. The second-order valence-electron chi connectivity index (χ2n) is 4.86. The van der Waals surface area contributed by atoms with Crippen LogP contribution in [0.4, 0.5) is 13.2 Å². The molecule has 0 radical (unpaired) electrons. The lowest BCUT2D eigenvalue weighted by atomic mass is 10.2. The van der Waals surface area contributed by atoms with E-state index < -0.39 is 18.5 Å². The van der Waals surface area contributed by atoms with E-state index in [4.69, 9.17) is 0 Å². The van der Waals surface area contributed by atoms with Crippen LogP contribution in [0.1, 0.15) is 12.8 Å². The van der Waals surface area contributed by atoms with Gasteiger partial charge in [0.15, 0.2) is 0 Å². The molecule has 4 nitrogen and oxygen atoms in total. The highest BCUT2D eigenvalue weighted by Crippen LogP contribution is 2.23. The lowest BCUT2D eigenvalue weighted by Crippen LogP contribution is -2.49. The largest absolute Gasteiger partial charge is 0.397 e. The summed E-state index contributed by atoms with van der Waals surface area (Å²) >= 11 is 0. The van der Waals surface area contributed by atoms with Crippen molar-refractivity contribution in [2.75, 3.05) is 39.3 Å². The number of rotatable bonds is 2. The van der Waals surface area contributed by atoms with Crippen molar-refractivity contribution >= 4 is 5.91 Å². The van der Waals surface area contributed by atoms with Crippen molar-refractivity contribution in [2.45, 2.75) is 25.1 Å². The fourth-order valence-corrected chi connectivity index (χ4v) is 2.60. The fourth-order valence-electron chi connectivity index (χ4n) is 2.60. The minimum absolute atomic E-state index is 0.226. The Morgan fingerprint density at radius 1 is 1.22 bits per heavy atom. The van der Waals surface area contributed by atoms with Gasteiger partial charge in [0.25, 0.3) is 0 Å². The second-order valence-corrected chi connectivity index (χ2v) is 4.86. The Morgan fingerprint density at radius 2 is 1.89 bits per heavy atom. The molecule has 1 amide bonds. The number of carbonyl (C=O) groups is 1. The summed E-state index contributed by atoms with van der Waals surface area (Å²) in [6, 6.07) is 0.226. The molecule has 1 N–H and O–H groups in total. The summed E-state index contributed by atoms with van der Waals surface area (Å²) in [5, 5.41) is 3.23. The van der Waals surface area contributed by atoms with Gasteiger partial charge in [-0.3, -0.25) is 9.69 Å². The number of carbonyl (C=O) groups excluding carboxylic acids is 1. The molecule has 0 aromatic heterocycles. The average molecular weight is 265 g/mol. The molecule has 0 spiro atoms. The van der Waals surface area contributed by atoms with Crippen molar-refractivity contribution < 1.29 is 18.0 Å². The predicted octanol–water partition coefficient (Wildman–Crippen LogP) is 0.445. The maximum atomic E-state index is 12.1. The third-order valence-electron chi connectivity index (χ3n) is 3.54. The van der Waals surface area contributed by atoms with Gasteiger partial charge in [-0.2, -0.15) is 13.2 Å². The summed E-state index contributed by atoms with van der Waals surface area (Å²) in [5.74, 6) is -0.792. The molecule has 1 unspecified atom stereocenters. The third kappa shape index (κ3) is 3.58. The van der Waals surface area contributed by atoms with E-state index in [1.54, 1.807) is 0 Å². The van der Waals surface area contributed by atoms with Gasteiger partial charge in [0.2, 0.25) is 5.91 Å². The Hall–Kier alpha value is -0.820.